The monoisotopic (exact) mass is 354 g/mol. The van der Waals surface area contributed by atoms with Crippen molar-refractivity contribution in [3.05, 3.63) is 30.3 Å². The van der Waals surface area contributed by atoms with Crippen LogP contribution in [0.4, 0.5) is 0 Å². The van der Waals surface area contributed by atoms with E-state index in [0.717, 1.165) is 7.11 Å². The van der Waals surface area contributed by atoms with Crippen LogP contribution in [0.15, 0.2) is 40.1 Å². The average molecular weight is 355 g/mol. The Hall–Kier alpha value is -1.02. The molecule has 5 nitrogen and oxygen atoms in total. The summed E-state index contributed by atoms with van der Waals surface area (Å²) in [5.41, 5.74) is 0. The number of hydrogen-bond acceptors (Lipinski definition) is 5. The third-order valence-corrected chi connectivity index (χ3v) is 5.32. The number of halogens is 2. The Bertz CT molecular complexity index is 888. The lowest BCUT2D eigenvalue weighted by Gasteiger charge is -2.13. The molecule has 0 amide bonds. The highest BCUT2D eigenvalue weighted by molar-refractivity contribution is 8.14. The SMILES string of the molecule is COc1c(S(=O)(=O)Cl)cc2ccccc2c1S(=O)(=O)Cl. The van der Waals surface area contributed by atoms with Crippen LogP contribution >= 0.6 is 21.4 Å². The van der Waals surface area contributed by atoms with Crippen molar-refractivity contribution in [2.24, 2.45) is 0 Å². The van der Waals surface area contributed by atoms with Gasteiger partial charge >= 0.3 is 0 Å². The predicted octanol–water partition coefficient (Wildman–Crippen LogP) is 2.70. The van der Waals surface area contributed by atoms with Gasteiger partial charge in [-0.3, -0.25) is 0 Å². The van der Waals surface area contributed by atoms with E-state index in [1.807, 2.05) is 0 Å². The van der Waals surface area contributed by atoms with Crippen LogP contribution < -0.4 is 4.74 Å². The third kappa shape index (κ3) is 2.71. The highest BCUT2D eigenvalue weighted by Gasteiger charge is 2.28. The van der Waals surface area contributed by atoms with E-state index < -0.39 is 33.6 Å². The Labute approximate surface area is 124 Å². The molecule has 0 saturated carbocycles. The maximum absolute atomic E-state index is 11.8. The molecule has 9 heteroatoms. The molecule has 0 aliphatic rings. The molecule has 0 aromatic heterocycles. The largest absolute Gasteiger partial charge is 0.494 e. The fourth-order valence-corrected chi connectivity index (χ4v) is 4.29. The van der Waals surface area contributed by atoms with E-state index in [0.29, 0.717) is 5.39 Å². The van der Waals surface area contributed by atoms with Crippen LogP contribution in [0.3, 0.4) is 0 Å². The van der Waals surface area contributed by atoms with Gasteiger partial charge in [-0.15, -0.1) is 0 Å². The van der Waals surface area contributed by atoms with Gasteiger partial charge in [0.2, 0.25) is 0 Å². The van der Waals surface area contributed by atoms with Crippen LogP contribution in [-0.2, 0) is 18.1 Å². The molecular formula is C11H8Cl2O5S2. The molecule has 0 spiro atoms. The van der Waals surface area contributed by atoms with Crippen LogP contribution in [0, 0.1) is 0 Å². The number of benzene rings is 2. The highest BCUT2D eigenvalue weighted by atomic mass is 35.7. The summed E-state index contributed by atoms with van der Waals surface area (Å²) in [5.74, 6) is -0.395. The van der Waals surface area contributed by atoms with E-state index in [9.17, 15) is 16.8 Å². The molecule has 0 radical (unpaired) electrons. The summed E-state index contributed by atoms with van der Waals surface area (Å²) >= 11 is 0. The lowest BCUT2D eigenvalue weighted by atomic mass is 10.1. The second-order valence-electron chi connectivity index (χ2n) is 3.83. The minimum atomic E-state index is -4.23. The first kappa shape index (κ1) is 15.4. The topological polar surface area (TPSA) is 77.5 Å². The van der Waals surface area contributed by atoms with Gasteiger partial charge in [0.15, 0.2) is 5.75 Å². The van der Waals surface area contributed by atoms with Gasteiger partial charge in [-0.1, -0.05) is 24.3 Å². The van der Waals surface area contributed by atoms with Gasteiger partial charge in [0.05, 0.1) is 7.11 Å². The summed E-state index contributed by atoms with van der Waals surface area (Å²) in [7, 11) is 3.43. The Morgan fingerprint density at radius 1 is 1.00 bits per heavy atom. The third-order valence-electron chi connectivity index (χ3n) is 2.63. The van der Waals surface area contributed by atoms with Gasteiger partial charge in [-0.25, -0.2) is 16.8 Å². The lowest BCUT2D eigenvalue weighted by molar-refractivity contribution is 0.392. The molecular weight excluding hydrogens is 347 g/mol. The average Bonchev–Trinajstić information content (AvgIpc) is 2.34. The number of methoxy groups -OCH3 is 1. The van der Waals surface area contributed by atoms with E-state index in [-0.39, 0.29) is 5.39 Å². The van der Waals surface area contributed by atoms with E-state index in [1.54, 1.807) is 18.2 Å². The zero-order chi connectivity index (χ0) is 15.1. The fraction of sp³-hybridized carbons (Fsp3) is 0.0909. The van der Waals surface area contributed by atoms with Gasteiger partial charge in [-0.2, -0.15) is 0 Å². The van der Waals surface area contributed by atoms with Crippen LogP contribution in [0.2, 0.25) is 0 Å². The van der Waals surface area contributed by atoms with Crippen molar-refractivity contribution >= 4 is 50.2 Å². The van der Waals surface area contributed by atoms with Gasteiger partial charge in [0.1, 0.15) is 9.79 Å². The number of ether oxygens (including phenoxy) is 1. The van der Waals surface area contributed by atoms with Crippen molar-refractivity contribution in [2.45, 2.75) is 9.79 Å². The Kier molecular flexibility index (Phi) is 3.90. The van der Waals surface area contributed by atoms with Crippen molar-refractivity contribution < 1.29 is 21.6 Å². The van der Waals surface area contributed by atoms with Crippen molar-refractivity contribution in [3.63, 3.8) is 0 Å². The smallest absolute Gasteiger partial charge is 0.265 e. The van der Waals surface area contributed by atoms with E-state index in [2.05, 4.69) is 0 Å². The first-order valence-corrected chi connectivity index (χ1v) is 9.77. The normalized spacial score (nSPS) is 12.6. The molecule has 0 fully saturated rings. The molecule has 0 atom stereocenters. The van der Waals surface area contributed by atoms with Crippen molar-refractivity contribution in [2.75, 3.05) is 7.11 Å². The first-order valence-electron chi connectivity index (χ1n) is 5.15. The molecule has 0 unspecified atom stereocenters. The van der Waals surface area contributed by atoms with Crippen molar-refractivity contribution in [1.82, 2.24) is 0 Å². The van der Waals surface area contributed by atoms with Gasteiger partial charge in [-0.05, 0) is 11.5 Å². The van der Waals surface area contributed by atoms with Gasteiger partial charge < -0.3 is 4.74 Å². The molecule has 20 heavy (non-hydrogen) atoms. The molecule has 108 valence electrons. The highest BCUT2D eigenvalue weighted by Crippen LogP contribution is 2.40. The second kappa shape index (κ2) is 5.07. The van der Waals surface area contributed by atoms with E-state index in [4.69, 9.17) is 26.1 Å². The Morgan fingerprint density at radius 2 is 1.60 bits per heavy atom. The number of rotatable bonds is 3. The summed E-state index contributed by atoms with van der Waals surface area (Å²) in [6.07, 6.45) is 0. The molecule has 0 N–H and O–H groups in total. The summed E-state index contributed by atoms with van der Waals surface area (Å²) in [6, 6.07) is 7.51. The quantitative estimate of drug-likeness (QED) is 0.791. The number of hydrogen-bond donors (Lipinski definition) is 0. The summed E-state index contributed by atoms with van der Waals surface area (Å²) in [5, 5.41) is 0.621. The van der Waals surface area contributed by atoms with Crippen molar-refractivity contribution in [1.29, 1.82) is 0 Å². The molecule has 0 aliphatic carbocycles. The Balaban J connectivity index is 3.14. The van der Waals surface area contributed by atoms with Crippen LogP contribution in [0.25, 0.3) is 10.8 Å². The summed E-state index contributed by atoms with van der Waals surface area (Å²) < 4.78 is 51.6. The van der Waals surface area contributed by atoms with E-state index in [1.165, 1.54) is 12.1 Å². The maximum atomic E-state index is 11.8. The maximum Gasteiger partial charge on any atom is 0.265 e. The fourth-order valence-electron chi connectivity index (χ4n) is 1.89. The van der Waals surface area contributed by atoms with E-state index >= 15 is 0 Å². The molecule has 2 rings (SSSR count). The molecule has 2 aromatic rings. The zero-order valence-corrected chi connectivity index (χ0v) is 13.1. The summed E-state index contributed by atoms with van der Waals surface area (Å²) in [6.45, 7) is 0. The Morgan fingerprint density at radius 3 is 2.10 bits per heavy atom. The minimum absolute atomic E-state index is 0.253. The van der Waals surface area contributed by atoms with Gasteiger partial charge in [0, 0.05) is 26.8 Å². The van der Waals surface area contributed by atoms with Gasteiger partial charge in [0.25, 0.3) is 18.1 Å². The van der Waals surface area contributed by atoms with Crippen LogP contribution in [-0.4, -0.2) is 23.9 Å². The minimum Gasteiger partial charge on any atom is -0.494 e. The summed E-state index contributed by atoms with van der Waals surface area (Å²) in [4.78, 5) is -0.862. The van der Waals surface area contributed by atoms with Crippen LogP contribution in [0.5, 0.6) is 5.75 Å². The molecule has 0 heterocycles. The zero-order valence-electron chi connectivity index (χ0n) is 10.0. The number of fused-ring (bicyclic) bond motifs is 1. The molecule has 2 aromatic carbocycles. The van der Waals surface area contributed by atoms with Crippen molar-refractivity contribution in [3.8, 4) is 5.75 Å². The standard InChI is InChI=1S/C11H8Cl2O5S2/c1-18-10-9(19(12,14)15)6-7-4-2-3-5-8(7)11(10)20(13,16)17/h2-6H,1H3. The van der Waals surface area contributed by atoms with Crippen LogP contribution in [0.1, 0.15) is 0 Å². The lowest BCUT2D eigenvalue weighted by Crippen LogP contribution is -2.03. The molecule has 0 bridgehead atoms. The molecule has 0 aliphatic heterocycles. The predicted molar refractivity (Wildman–Crippen MR) is 76.6 cm³/mol. The first-order chi connectivity index (χ1) is 9.16. The second-order valence-corrected chi connectivity index (χ2v) is 8.87. The molecule has 0 saturated heterocycles.